The quantitative estimate of drug-likeness (QED) is 0.197. The maximum atomic E-state index is 13.7. The highest BCUT2D eigenvalue weighted by Gasteiger charge is 2.39. The Morgan fingerprint density at radius 3 is 2.38 bits per heavy atom. The van der Waals surface area contributed by atoms with Gasteiger partial charge in [-0.05, 0) is 45.8 Å². The number of carbonyl (C=O) groups is 3. The molecule has 2 atom stereocenters. The molecule has 0 aromatic heterocycles. The molecule has 1 aliphatic heterocycles. The summed E-state index contributed by atoms with van der Waals surface area (Å²) in [5.74, 6) is -3.08. The maximum absolute atomic E-state index is 13.7. The molecule has 0 fully saturated rings. The van der Waals surface area contributed by atoms with Gasteiger partial charge in [-0.1, -0.05) is 26.0 Å². The van der Waals surface area contributed by atoms with Crippen LogP contribution in [-0.4, -0.2) is 68.1 Å². The minimum absolute atomic E-state index is 0.145. The third-order valence-electron chi connectivity index (χ3n) is 6.03. The van der Waals surface area contributed by atoms with Gasteiger partial charge in [-0.2, -0.15) is 0 Å². The highest BCUT2D eigenvalue weighted by Crippen LogP contribution is 2.39. The molecule has 2 rings (SSSR count). The number of benzene rings is 1. The number of rotatable bonds is 11. The van der Waals surface area contributed by atoms with E-state index in [1.165, 1.54) is 25.3 Å². The van der Waals surface area contributed by atoms with Gasteiger partial charge in [0.15, 0.2) is 0 Å². The molecule has 37 heavy (non-hydrogen) atoms. The molecule has 1 aromatic carbocycles. The summed E-state index contributed by atoms with van der Waals surface area (Å²) in [4.78, 5) is 52.2. The van der Waals surface area contributed by atoms with Crippen molar-refractivity contribution in [1.82, 2.24) is 15.5 Å². The number of non-ortho nitro benzene ring substituents is 1. The number of esters is 2. The lowest BCUT2D eigenvalue weighted by atomic mass is 9.79. The molecular formula is C26H36N4O7. The van der Waals surface area contributed by atoms with E-state index in [0.717, 1.165) is 6.54 Å². The standard InChI is InChI=1S/C26H36N4O7/c1-15(2)23(26(33)37-13-9-12-29(5)6)28-24(31)20-16(3)27-17(4)21(25(32)36-7)22(20)18-10-8-11-19(14-18)30(34)35/h8,10-11,14-15,22-23,27H,9,12-13H2,1-7H3,(H,28,31)/t22-,23-/m0/s1. The topological polar surface area (TPSA) is 140 Å². The van der Waals surface area contributed by atoms with Crippen LogP contribution in [0.15, 0.2) is 46.8 Å². The zero-order valence-corrected chi connectivity index (χ0v) is 22.4. The van der Waals surface area contributed by atoms with Crippen LogP contribution in [0, 0.1) is 16.0 Å². The Bertz CT molecular complexity index is 1110. The highest BCUT2D eigenvalue weighted by atomic mass is 16.6. The zero-order chi connectivity index (χ0) is 27.9. The van der Waals surface area contributed by atoms with Crippen molar-refractivity contribution >= 4 is 23.5 Å². The van der Waals surface area contributed by atoms with Crippen LogP contribution in [-0.2, 0) is 23.9 Å². The first-order chi connectivity index (χ1) is 17.4. The van der Waals surface area contributed by atoms with Crippen LogP contribution >= 0.6 is 0 Å². The number of hydrogen-bond acceptors (Lipinski definition) is 9. The molecule has 0 spiro atoms. The van der Waals surface area contributed by atoms with Crippen molar-refractivity contribution in [2.24, 2.45) is 5.92 Å². The Hall–Kier alpha value is -3.73. The second-order valence-electron chi connectivity index (χ2n) is 9.50. The number of ether oxygens (including phenoxy) is 2. The fraction of sp³-hybridized carbons (Fsp3) is 0.500. The van der Waals surface area contributed by atoms with Crippen molar-refractivity contribution in [2.45, 2.75) is 46.1 Å². The van der Waals surface area contributed by atoms with E-state index in [2.05, 4.69) is 10.6 Å². The first-order valence-electron chi connectivity index (χ1n) is 12.0. The molecule has 1 heterocycles. The highest BCUT2D eigenvalue weighted by molar-refractivity contribution is 6.03. The molecule has 1 aromatic rings. The van der Waals surface area contributed by atoms with Gasteiger partial charge in [0, 0.05) is 35.6 Å². The Labute approximate surface area is 217 Å². The lowest BCUT2D eigenvalue weighted by Crippen LogP contribution is -2.47. The summed E-state index contributed by atoms with van der Waals surface area (Å²) >= 11 is 0. The monoisotopic (exact) mass is 516 g/mol. The minimum atomic E-state index is -0.961. The molecule has 0 bridgehead atoms. The van der Waals surface area contributed by atoms with Gasteiger partial charge in [0.2, 0.25) is 0 Å². The molecule has 0 radical (unpaired) electrons. The van der Waals surface area contributed by atoms with Gasteiger partial charge in [-0.25, -0.2) is 9.59 Å². The lowest BCUT2D eigenvalue weighted by molar-refractivity contribution is -0.384. The van der Waals surface area contributed by atoms with Crippen LogP contribution in [0.3, 0.4) is 0 Å². The first-order valence-corrected chi connectivity index (χ1v) is 12.0. The Morgan fingerprint density at radius 2 is 1.81 bits per heavy atom. The van der Waals surface area contributed by atoms with Crippen LogP contribution in [0.5, 0.6) is 0 Å². The number of amides is 1. The molecule has 11 nitrogen and oxygen atoms in total. The molecule has 0 aliphatic carbocycles. The largest absolute Gasteiger partial charge is 0.466 e. The number of nitro groups is 1. The van der Waals surface area contributed by atoms with Gasteiger partial charge < -0.3 is 25.0 Å². The van der Waals surface area contributed by atoms with Gasteiger partial charge in [0.05, 0.1) is 30.1 Å². The zero-order valence-electron chi connectivity index (χ0n) is 22.4. The van der Waals surface area contributed by atoms with Crippen molar-refractivity contribution in [2.75, 3.05) is 34.4 Å². The number of hydrogen-bond donors (Lipinski definition) is 2. The molecule has 11 heteroatoms. The van der Waals surface area contributed by atoms with E-state index in [4.69, 9.17) is 9.47 Å². The Morgan fingerprint density at radius 1 is 1.16 bits per heavy atom. The van der Waals surface area contributed by atoms with Crippen LogP contribution in [0.1, 0.15) is 45.6 Å². The van der Waals surface area contributed by atoms with E-state index in [9.17, 15) is 24.5 Å². The van der Waals surface area contributed by atoms with Crippen molar-refractivity contribution in [3.8, 4) is 0 Å². The van der Waals surface area contributed by atoms with Gasteiger partial charge in [0.25, 0.3) is 11.6 Å². The summed E-state index contributed by atoms with van der Waals surface area (Å²) in [6.45, 7) is 7.86. The summed E-state index contributed by atoms with van der Waals surface area (Å²) in [6.07, 6.45) is 0.646. The average molecular weight is 517 g/mol. The van der Waals surface area contributed by atoms with Crippen LogP contribution in [0.2, 0.25) is 0 Å². The number of nitrogens with one attached hydrogen (secondary N) is 2. The van der Waals surface area contributed by atoms with Gasteiger partial charge in [-0.3, -0.25) is 14.9 Å². The summed E-state index contributed by atoms with van der Waals surface area (Å²) in [7, 11) is 5.06. The molecule has 2 N–H and O–H groups in total. The Balaban J connectivity index is 2.45. The number of dihydropyridines is 1. The maximum Gasteiger partial charge on any atom is 0.336 e. The molecule has 0 unspecified atom stereocenters. The first kappa shape index (κ1) is 29.5. The van der Waals surface area contributed by atoms with Crippen LogP contribution < -0.4 is 10.6 Å². The second kappa shape index (κ2) is 13.0. The molecule has 0 saturated heterocycles. The van der Waals surface area contributed by atoms with Gasteiger partial charge >= 0.3 is 11.9 Å². The van der Waals surface area contributed by atoms with Crippen molar-refractivity contribution in [3.05, 3.63) is 62.5 Å². The van der Waals surface area contributed by atoms with E-state index in [1.807, 2.05) is 19.0 Å². The van der Waals surface area contributed by atoms with E-state index in [-0.39, 0.29) is 29.4 Å². The van der Waals surface area contributed by atoms with E-state index < -0.39 is 34.7 Å². The average Bonchev–Trinajstić information content (AvgIpc) is 2.83. The number of allylic oxidation sites excluding steroid dienone is 2. The lowest BCUT2D eigenvalue weighted by Gasteiger charge is -2.32. The SMILES string of the molecule is COC(=O)C1=C(C)NC(C)=C(C(=O)N[C@H](C(=O)OCCCN(C)C)C(C)C)[C@@H]1c1cccc([N+](=O)[O-])c1. The predicted molar refractivity (Wildman–Crippen MR) is 137 cm³/mol. The number of nitrogens with zero attached hydrogens (tertiary/aromatic N) is 2. The number of nitro benzene ring substituents is 1. The smallest absolute Gasteiger partial charge is 0.336 e. The summed E-state index contributed by atoms with van der Waals surface area (Å²) in [6, 6.07) is 4.82. The van der Waals surface area contributed by atoms with Crippen LogP contribution in [0.4, 0.5) is 5.69 Å². The molecule has 0 saturated carbocycles. The molecule has 202 valence electrons. The van der Waals surface area contributed by atoms with Crippen LogP contribution in [0.25, 0.3) is 0 Å². The molecule has 1 aliphatic rings. The fourth-order valence-corrected chi connectivity index (χ4v) is 4.19. The third kappa shape index (κ3) is 7.39. The van der Waals surface area contributed by atoms with E-state index >= 15 is 0 Å². The van der Waals surface area contributed by atoms with Crippen molar-refractivity contribution < 1.29 is 28.8 Å². The summed E-state index contributed by atoms with van der Waals surface area (Å²) in [5, 5.41) is 17.2. The van der Waals surface area contributed by atoms with Crippen molar-refractivity contribution in [3.63, 3.8) is 0 Å². The molecule has 1 amide bonds. The van der Waals surface area contributed by atoms with E-state index in [1.54, 1.807) is 33.8 Å². The summed E-state index contributed by atoms with van der Waals surface area (Å²) < 4.78 is 10.4. The second-order valence-corrected chi connectivity index (χ2v) is 9.50. The summed E-state index contributed by atoms with van der Waals surface area (Å²) in [5.41, 5.74) is 1.38. The fourth-order valence-electron chi connectivity index (χ4n) is 4.19. The van der Waals surface area contributed by atoms with Gasteiger partial charge in [-0.15, -0.1) is 0 Å². The third-order valence-corrected chi connectivity index (χ3v) is 6.03. The number of carbonyl (C=O) groups excluding carboxylic acids is 3. The van der Waals surface area contributed by atoms with E-state index in [0.29, 0.717) is 23.4 Å². The number of methoxy groups -OCH3 is 1. The minimum Gasteiger partial charge on any atom is -0.466 e. The molecular weight excluding hydrogens is 480 g/mol. The Kier molecular flexibility index (Phi) is 10.4. The van der Waals surface area contributed by atoms with Crippen molar-refractivity contribution in [1.29, 1.82) is 0 Å². The van der Waals surface area contributed by atoms with Gasteiger partial charge in [0.1, 0.15) is 6.04 Å². The normalized spacial score (nSPS) is 16.4. The predicted octanol–water partition coefficient (Wildman–Crippen LogP) is 2.64.